The Hall–Kier alpha value is -2.23. The van der Waals surface area contributed by atoms with Gasteiger partial charge in [-0.05, 0) is 24.1 Å². The standard InChI is InChI=1S/C15H15NO3/c1-9-5-11-4-3-10-6-13(17)14(19-2)7-12(10)15(18)16(11)8-9/h3-4,6-7,11,17H,1,5,8H2,2H3/t11-/m1/s1. The molecule has 0 spiro atoms. The highest BCUT2D eigenvalue weighted by molar-refractivity contribution is 6.00. The van der Waals surface area contributed by atoms with Gasteiger partial charge in [-0.2, -0.15) is 0 Å². The fourth-order valence-corrected chi connectivity index (χ4v) is 2.66. The van der Waals surface area contributed by atoms with Crippen LogP contribution in [0, 0.1) is 0 Å². The summed E-state index contributed by atoms with van der Waals surface area (Å²) in [6, 6.07) is 3.24. The molecule has 1 fully saturated rings. The van der Waals surface area contributed by atoms with E-state index in [-0.39, 0.29) is 17.7 Å². The van der Waals surface area contributed by atoms with Gasteiger partial charge in [0.15, 0.2) is 11.5 Å². The number of benzene rings is 1. The van der Waals surface area contributed by atoms with Crippen molar-refractivity contribution in [3.63, 3.8) is 0 Å². The summed E-state index contributed by atoms with van der Waals surface area (Å²) in [5.41, 5.74) is 2.35. The second-order valence-corrected chi connectivity index (χ2v) is 4.92. The maximum absolute atomic E-state index is 12.6. The molecule has 2 aliphatic rings. The van der Waals surface area contributed by atoms with Gasteiger partial charge in [0.1, 0.15) is 0 Å². The highest BCUT2D eigenvalue weighted by atomic mass is 16.5. The minimum Gasteiger partial charge on any atom is -0.504 e. The molecule has 1 amide bonds. The molecule has 0 unspecified atom stereocenters. The number of amides is 1. The van der Waals surface area contributed by atoms with Gasteiger partial charge in [-0.3, -0.25) is 4.79 Å². The van der Waals surface area contributed by atoms with Crippen molar-refractivity contribution in [1.82, 2.24) is 4.90 Å². The van der Waals surface area contributed by atoms with Gasteiger partial charge < -0.3 is 14.7 Å². The van der Waals surface area contributed by atoms with Gasteiger partial charge in [0.2, 0.25) is 0 Å². The van der Waals surface area contributed by atoms with Crippen molar-refractivity contribution < 1.29 is 14.6 Å². The number of hydrogen-bond donors (Lipinski definition) is 1. The number of carbonyl (C=O) groups excluding carboxylic acids is 1. The van der Waals surface area contributed by atoms with Crippen molar-refractivity contribution in [1.29, 1.82) is 0 Å². The average Bonchev–Trinajstić information content (AvgIpc) is 2.71. The predicted molar refractivity (Wildman–Crippen MR) is 72.3 cm³/mol. The van der Waals surface area contributed by atoms with Crippen LogP contribution in [-0.4, -0.2) is 35.6 Å². The maximum atomic E-state index is 12.6. The van der Waals surface area contributed by atoms with Crippen molar-refractivity contribution in [3.8, 4) is 11.5 Å². The molecule has 1 aromatic rings. The number of aromatic hydroxyl groups is 1. The number of phenolic OH excluding ortho intramolecular Hbond substituents is 1. The number of phenols is 1. The van der Waals surface area contributed by atoms with E-state index in [0.717, 1.165) is 17.6 Å². The lowest BCUT2D eigenvalue weighted by Gasteiger charge is -2.20. The smallest absolute Gasteiger partial charge is 0.255 e. The fraction of sp³-hybridized carbons (Fsp3) is 0.267. The average molecular weight is 257 g/mol. The summed E-state index contributed by atoms with van der Waals surface area (Å²) in [6.07, 6.45) is 4.68. The molecule has 0 aromatic heterocycles. The van der Waals surface area contributed by atoms with Gasteiger partial charge in [0, 0.05) is 6.54 Å². The Morgan fingerprint density at radius 1 is 1.47 bits per heavy atom. The number of nitrogens with zero attached hydrogens (tertiary/aromatic N) is 1. The monoisotopic (exact) mass is 257 g/mol. The van der Waals surface area contributed by atoms with Crippen molar-refractivity contribution in [3.05, 3.63) is 41.5 Å². The molecule has 0 saturated carbocycles. The van der Waals surface area contributed by atoms with E-state index in [4.69, 9.17) is 4.74 Å². The number of ether oxygens (including phenoxy) is 1. The summed E-state index contributed by atoms with van der Waals surface area (Å²) in [4.78, 5) is 14.4. The molecule has 1 atom stereocenters. The first-order valence-electron chi connectivity index (χ1n) is 6.17. The predicted octanol–water partition coefficient (Wildman–Crippen LogP) is 2.20. The number of methoxy groups -OCH3 is 1. The third-order valence-electron chi connectivity index (χ3n) is 3.63. The molecule has 1 aromatic carbocycles. The molecule has 2 aliphatic heterocycles. The summed E-state index contributed by atoms with van der Waals surface area (Å²) in [5, 5.41) is 9.79. The Morgan fingerprint density at radius 2 is 2.26 bits per heavy atom. The summed E-state index contributed by atoms with van der Waals surface area (Å²) in [6.45, 7) is 4.55. The quantitative estimate of drug-likeness (QED) is 0.785. The Balaban J connectivity index is 2.11. The van der Waals surface area contributed by atoms with Crippen LogP contribution >= 0.6 is 0 Å². The second kappa shape index (κ2) is 4.16. The molecule has 4 heteroatoms. The van der Waals surface area contributed by atoms with Gasteiger partial charge in [0.25, 0.3) is 5.91 Å². The van der Waals surface area contributed by atoms with Crippen LogP contribution in [0.15, 0.2) is 30.4 Å². The van der Waals surface area contributed by atoms with Crippen LogP contribution in [0.5, 0.6) is 11.5 Å². The van der Waals surface area contributed by atoms with Crippen molar-refractivity contribution >= 4 is 12.0 Å². The highest BCUT2D eigenvalue weighted by Gasteiger charge is 2.33. The first-order chi connectivity index (χ1) is 9.10. The molecule has 1 saturated heterocycles. The van der Waals surface area contributed by atoms with Crippen molar-refractivity contribution in [2.75, 3.05) is 13.7 Å². The van der Waals surface area contributed by atoms with Crippen molar-refractivity contribution in [2.45, 2.75) is 12.5 Å². The van der Waals surface area contributed by atoms with Gasteiger partial charge >= 0.3 is 0 Å². The minimum atomic E-state index is -0.0399. The van der Waals surface area contributed by atoms with Crippen molar-refractivity contribution in [2.24, 2.45) is 0 Å². The molecule has 19 heavy (non-hydrogen) atoms. The van der Waals surface area contributed by atoms with Crippen LogP contribution in [0.1, 0.15) is 22.3 Å². The van der Waals surface area contributed by atoms with E-state index in [9.17, 15) is 9.90 Å². The third-order valence-corrected chi connectivity index (χ3v) is 3.63. The maximum Gasteiger partial charge on any atom is 0.255 e. The van der Waals surface area contributed by atoms with E-state index < -0.39 is 0 Å². The van der Waals surface area contributed by atoms with Crippen LogP contribution in [0.4, 0.5) is 0 Å². The molecular weight excluding hydrogens is 242 g/mol. The lowest BCUT2D eigenvalue weighted by Crippen LogP contribution is -2.33. The van der Waals surface area contributed by atoms with Crippen LogP contribution in [0.3, 0.4) is 0 Å². The SMILES string of the molecule is C=C1C[C@H]2C=Cc3cc(O)c(OC)cc3C(=O)N2C1. The fourth-order valence-electron chi connectivity index (χ4n) is 2.66. The topological polar surface area (TPSA) is 49.8 Å². The Bertz CT molecular complexity index is 604. The zero-order chi connectivity index (χ0) is 13.6. The molecule has 1 N–H and O–H groups in total. The number of hydrogen-bond acceptors (Lipinski definition) is 3. The Kier molecular flexibility index (Phi) is 2.59. The lowest BCUT2D eigenvalue weighted by atomic mass is 10.0. The van der Waals surface area contributed by atoms with Gasteiger partial charge in [0.05, 0.1) is 18.7 Å². The summed E-state index contributed by atoms with van der Waals surface area (Å²) >= 11 is 0. The molecule has 2 heterocycles. The largest absolute Gasteiger partial charge is 0.504 e. The van der Waals surface area contributed by atoms with Crippen LogP contribution in [0.25, 0.3) is 6.08 Å². The van der Waals surface area contributed by atoms with E-state index in [1.54, 1.807) is 17.0 Å². The van der Waals surface area contributed by atoms with Gasteiger partial charge in [-0.15, -0.1) is 0 Å². The number of carbonyl (C=O) groups is 1. The van der Waals surface area contributed by atoms with Gasteiger partial charge in [-0.1, -0.05) is 24.3 Å². The molecule has 0 aliphatic carbocycles. The van der Waals surface area contributed by atoms with Crippen LogP contribution < -0.4 is 4.74 Å². The van der Waals surface area contributed by atoms with Gasteiger partial charge in [-0.25, -0.2) is 0 Å². The number of rotatable bonds is 1. The summed E-state index contributed by atoms with van der Waals surface area (Å²) in [5.74, 6) is 0.323. The van der Waals surface area contributed by atoms with Crippen LogP contribution in [0.2, 0.25) is 0 Å². The molecule has 0 radical (unpaired) electrons. The Labute approximate surface area is 111 Å². The zero-order valence-electron chi connectivity index (χ0n) is 10.7. The molecule has 0 bridgehead atoms. The van der Waals surface area contributed by atoms with E-state index in [1.165, 1.54) is 7.11 Å². The molecular formula is C15H15NO3. The molecule has 98 valence electrons. The van der Waals surface area contributed by atoms with E-state index in [1.807, 2.05) is 12.2 Å². The number of fused-ring (bicyclic) bond motifs is 2. The van der Waals surface area contributed by atoms with Crippen LogP contribution in [-0.2, 0) is 0 Å². The Morgan fingerprint density at radius 3 is 3.00 bits per heavy atom. The molecule has 3 rings (SSSR count). The lowest BCUT2D eigenvalue weighted by molar-refractivity contribution is 0.0766. The zero-order valence-corrected chi connectivity index (χ0v) is 10.7. The normalized spacial score (nSPS) is 21.1. The highest BCUT2D eigenvalue weighted by Crippen LogP contribution is 2.35. The summed E-state index contributed by atoms with van der Waals surface area (Å²) in [7, 11) is 1.47. The third kappa shape index (κ3) is 1.80. The first-order valence-corrected chi connectivity index (χ1v) is 6.17. The van der Waals surface area contributed by atoms with E-state index in [0.29, 0.717) is 17.9 Å². The van der Waals surface area contributed by atoms with E-state index in [2.05, 4.69) is 6.58 Å². The molecule has 4 nitrogen and oxygen atoms in total. The second-order valence-electron chi connectivity index (χ2n) is 4.92. The first kappa shape index (κ1) is 11.8. The summed E-state index contributed by atoms with van der Waals surface area (Å²) < 4.78 is 5.07. The van der Waals surface area contributed by atoms with E-state index >= 15 is 0 Å². The minimum absolute atomic E-state index is 0.0399.